The number of carbonyl (C=O) groups is 2. The number of nitrogens with one attached hydrogen (secondary N) is 1. The third kappa shape index (κ3) is 6.65. The quantitative estimate of drug-likeness (QED) is 0.705. The van der Waals surface area contributed by atoms with E-state index >= 15 is 0 Å². The van der Waals surface area contributed by atoms with E-state index in [1.807, 2.05) is 0 Å². The summed E-state index contributed by atoms with van der Waals surface area (Å²) in [5.74, 6) is -0.481. The van der Waals surface area contributed by atoms with Crippen molar-refractivity contribution < 1.29 is 32.2 Å². The molecule has 2 aromatic rings. The van der Waals surface area contributed by atoms with Gasteiger partial charge in [0.15, 0.2) is 12.4 Å². The van der Waals surface area contributed by atoms with E-state index in [1.54, 1.807) is 37.3 Å². The molecule has 2 aromatic carbocycles. The molecule has 0 fully saturated rings. The van der Waals surface area contributed by atoms with Gasteiger partial charge < -0.3 is 14.8 Å². The number of rotatable bonds is 8. The van der Waals surface area contributed by atoms with Crippen LogP contribution in [0.5, 0.6) is 11.5 Å². The second-order valence-electron chi connectivity index (χ2n) is 5.52. The van der Waals surface area contributed by atoms with Crippen LogP contribution in [-0.4, -0.2) is 24.7 Å². The molecule has 1 N–H and O–H groups in total. The molecule has 0 aliphatic heterocycles. The predicted molar refractivity (Wildman–Crippen MR) is 91.5 cm³/mol. The van der Waals surface area contributed by atoms with Crippen molar-refractivity contribution in [2.24, 2.45) is 0 Å². The highest BCUT2D eigenvalue weighted by Crippen LogP contribution is 2.26. The van der Waals surface area contributed by atoms with Gasteiger partial charge in [-0.15, -0.1) is 13.2 Å². The van der Waals surface area contributed by atoms with Gasteiger partial charge in [0.2, 0.25) is 0 Å². The SMILES string of the molecule is CCC(=O)c1ccc(OCC(=O)NCc2ccccc2OC(F)(F)F)cc1. The molecule has 0 spiro atoms. The first-order valence-corrected chi connectivity index (χ1v) is 8.15. The lowest BCUT2D eigenvalue weighted by Crippen LogP contribution is -2.29. The molecule has 0 unspecified atom stereocenters. The minimum Gasteiger partial charge on any atom is -0.484 e. The Morgan fingerprint density at radius 3 is 2.33 bits per heavy atom. The number of ketones is 1. The number of benzene rings is 2. The Balaban J connectivity index is 1.86. The van der Waals surface area contributed by atoms with Crippen LogP contribution < -0.4 is 14.8 Å². The van der Waals surface area contributed by atoms with Crippen molar-refractivity contribution in [1.82, 2.24) is 5.32 Å². The van der Waals surface area contributed by atoms with Crippen LogP contribution in [0.15, 0.2) is 48.5 Å². The molecule has 8 heteroatoms. The van der Waals surface area contributed by atoms with E-state index in [2.05, 4.69) is 10.1 Å². The predicted octanol–water partition coefficient (Wildman–Crippen LogP) is 3.87. The van der Waals surface area contributed by atoms with Crippen LogP contribution >= 0.6 is 0 Å². The molecule has 0 aliphatic rings. The van der Waals surface area contributed by atoms with E-state index < -0.39 is 12.3 Å². The summed E-state index contributed by atoms with van der Waals surface area (Å²) < 4.78 is 46.4. The van der Waals surface area contributed by atoms with E-state index in [0.29, 0.717) is 17.7 Å². The zero-order valence-corrected chi connectivity index (χ0v) is 14.5. The number of carbonyl (C=O) groups excluding carboxylic acids is 2. The minimum atomic E-state index is -4.81. The molecular formula is C19H18F3NO4. The first-order chi connectivity index (χ1) is 12.8. The maximum absolute atomic E-state index is 12.4. The van der Waals surface area contributed by atoms with Crippen LogP contribution in [-0.2, 0) is 11.3 Å². The lowest BCUT2D eigenvalue weighted by atomic mass is 10.1. The Bertz CT molecular complexity index is 788. The number of halogens is 3. The van der Waals surface area contributed by atoms with Gasteiger partial charge in [0.05, 0.1) is 0 Å². The molecule has 27 heavy (non-hydrogen) atoms. The van der Waals surface area contributed by atoms with E-state index in [-0.39, 0.29) is 30.2 Å². The minimum absolute atomic E-state index is 0.000894. The molecule has 0 saturated carbocycles. The van der Waals surface area contributed by atoms with Gasteiger partial charge in [0.25, 0.3) is 5.91 Å². The summed E-state index contributed by atoms with van der Waals surface area (Å²) in [7, 11) is 0. The average Bonchev–Trinajstić information content (AvgIpc) is 2.64. The Kier molecular flexibility index (Phi) is 6.81. The normalized spacial score (nSPS) is 11.0. The van der Waals surface area contributed by atoms with E-state index in [1.165, 1.54) is 18.2 Å². The van der Waals surface area contributed by atoms with Gasteiger partial charge in [0.1, 0.15) is 11.5 Å². The van der Waals surface area contributed by atoms with Gasteiger partial charge in [-0.05, 0) is 30.3 Å². The van der Waals surface area contributed by atoms with Crippen LogP contribution in [0.2, 0.25) is 0 Å². The second-order valence-corrected chi connectivity index (χ2v) is 5.52. The van der Waals surface area contributed by atoms with Crippen LogP contribution in [0.25, 0.3) is 0 Å². The summed E-state index contributed by atoms with van der Waals surface area (Å²) in [5.41, 5.74) is 0.737. The zero-order valence-electron chi connectivity index (χ0n) is 14.5. The van der Waals surface area contributed by atoms with E-state index in [4.69, 9.17) is 4.74 Å². The smallest absolute Gasteiger partial charge is 0.484 e. The maximum Gasteiger partial charge on any atom is 0.573 e. The first-order valence-electron chi connectivity index (χ1n) is 8.15. The maximum atomic E-state index is 12.4. The average molecular weight is 381 g/mol. The van der Waals surface area contributed by atoms with Crippen molar-refractivity contribution in [3.63, 3.8) is 0 Å². The standard InChI is InChI=1S/C19H18F3NO4/c1-2-16(24)13-7-9-15(10-8-13)26-12-18(25)23-11-14-5-3-4-6-17(14)27-19(20,21)22/h3-10H,2,11-12H2,1H3,(H,23,25). The fourth-order valence-corrected chi connectivity index (χ4v) is 2.21. The molecule has 0 heterocycles. The summed E-state index contributed by atoms with van der Waals surface area (Å²) >= 11 is 0. The van der Waals surface area contributed by atoms with Gasteiger partial charge in [-0.1, -0.05) is 25.1 Å². The number of Topliss-reactive ketones (excluding diaryl/α,β-unsaturated/α-hetero) is 1. The fraction of sp³-hybridized carbons (Fsp3) is 0.263. The summed E-state index contributed by atoms with van der Waals surface area (Å²) in [5, 5.41) is 2.47. The second kappa shape index (κ2) is 9.07. The Morgan fingerprint density at radius 1 is 1.04 bits per heavy atom. The molecule has 0 atom stereocenters. The first kappa shape index (κ1) is 20.3. The Hall–Kier alpha value is -3.03. The van der Waals surface area contributed by atoms with Crippen LogP contribution in [0.1, 0.15) is 29.3 Å². The third-order valence-electron chi connectivity index (χ3n) is 3.54. The largest absolute Gasteiger partial charge is 0.573 e. The van der Waals surface area contributed by atoms with Crippen molar-refractivity contribution >= 4 is 11.7 Å². The highest BCUT2D eigenvalue weighted by molar-refractivity contribution is 5.95. The van der Waals surface area contributed by atoms with Gasteiger partial charge in [-0.2, -0.15) is 0 Å². The Labute approximate surface area is 154 Å². The molecule has 144 valence electrons. The highest BCUT2D eigenvalue weighted by atomic mass is 19.4. The number of para-hydroxylation sites is 1. The highest BCUT2D eigenvalue weighted by Gasteiger charge is 2.31. The molecule has 0 radical (unpaired) electrons. The summed E-state index contributed by atoms with van der Waals surface area (Å²) in [4.78, 5) is 23.4. The van der Waals surface area contributed by atoms with Crippen molar-refractivity contribution in [2.45, 2.75) is 26.3 Å². The molecule has 5 nitrogen and oxygen atoms in total. The van der Waals surface area contributed by atoms with Crippen molar-refractivity contribution in [1.29, 1.82) is 0 Å². The summed E-state index contributed by atoms with van der Waals surface area (Å²) in [6.07, 6.45) is -4.42. The number of amides is 1. The Morgan fingerprint density at radius 2 is 1.70 bits per heavy atom. The number of hydrogen-bond donors (Lipinski definition) is 1. The lowest BCUT2D eigenvalue weighted by molar-refractivity contribution is -0.274. The molecule has 0 bridgehead atoms. The van der Waals surface area contributed by atoms with Crippen LogP contribution in [0, 0.1) is 0 Å². The molecular weight excluding hydrogens is 363 g/mol. The molecule has 0 saturated heterocycles. The lowest BCUT2D eigenvalue weighted by Gasteiger charge is -2.13. The van der Waals surface area contributed by atoms with Crippen LogP contribution in [0.3, 0.4) is 0 Å². The van der Waals surface area contributed by atoms with Gasteiger partial charge in [-0.3, -0.25) is 9.59 Å². The van der Waals surface area contributed by atoms with Crippen molar-refractivity contribution in [2.75, 3.05) is 6.61 Å². The topological polar surface area (TPSA) is 64.6 Å². The summed E-state index contributed by atoms with van der Waals surface area (Å²) in [6, 6.07) is 11.9. The number of alkyl halides is 3. The van der Waals surface area contributed by atoms with E-state index in [0.717, 1.165) is 0 Å². The van der Waals surface area contributed by atoms with Gasteiger partial charge >= 0.3 is 6.36 Å². The summed E-state index contributed by atoms with van der Waals surface area (Å²) in [6.45, 7) is 1.30. The van der Waals surface area contributed by atoms with Gasteiger partial charge in [0, 0.05) is 24.1 Å². The monoisotopic (exact) mass is 381 g/mol. The number of ether oxygens (including phenoxy) is 2. The number of hydrogen-bond acceptors (Lipinski definition) is 4. The van der Waals surface area contributed by atoms with Crippen molar-refractivity contribution in [3.05, 3.63) is 59.7 Å². The van der Waals surface area contributed by atoms with Crippen molar-refractivity contribution in [3.8, 4) is 11.5 Å². The zero-order chi connectivity index (χ0) is 19.9. The molecule has 0 aromatic heterocycles. The van der Waals surface area contributed by atoms with Crippen LogP contribution in [0.4, 0.5) is 13.2 Å². The fourth-order valence-electron chi connectivity index (χ4n) is 2.21. The third-order valence-corrected chi connectivity index (χ3v) is 3.54. The van der Waals surface area contributed by atoms with Gasteiger partial charge in [-0.25, -0.2) is 0 Å². The van der Waals surface area contributed by atoms with E-state index in [9.17, 15) is 22.8 Å². The molecule has 1 amide bonds. The molecule has 2 rings (SSSR count). The molecule has 0 aliphatic carbocycles.